The zero-order chi connectivity index (χ0) is 13.8. The maximum absolute atomic E-state index is 8.93. The van der Waals surface area contributed by atoms with Crippen molar-refractivity contribution < 1.29 is 4.74 Å². The summed E-state index contributed by atoms with van der Waals surface area (Å²) in [7, 11) is 0. The average molecular weight is 264 g/mol. The number of likely N-dealkylation sites (tertiary alicyclic amines) is 1. The van der Waals surface area contributed by atoms with Gasteiger partial charge in [0.15, 0.2) is 6.19 Å². The first-order chi connectivity index (χ1) is 9.85. The minimum Gasteiger partial charge on any atom is -0.457 e. The van der Waals surface area contributed by atoms with E-state index in [2.05, 4.69) is 18.3 Å². The lowest BCUT2D eigenvalue weighted by Gasteiger charge is -2.12. The van der Waals surface area contributed by atoms with Gasteiger partial charge in [-0.1, -0.05) is 30.3 Å². The summed E-state index contributed by atoms with van der Waals surface area (Å²) in [4.78, 5) is 1.81. The van der Waals surface area contributed by atoms with Gasteiger partial charge in [-0.3, -0.25) is 0 Å². The van der Waals surface area contributed by atoms with Crippen LogP contribution >= 0.6 is 0 Å². The third-order valence-corrected chi connectivity index (χ3v) is 3.64. The summed E-state index contributed by atoms with van der Waals surface area (Å²) in [6.07, 6.45) is 3.25. The molecule has 2 aromatic carbocycles. The van der Waals surface area contributed by atoms with E-state index in [-0.39, 0.29) is 0 Å². The van der Waals surface area contributed by atoms with Crippen LogP contribution in [0.5, 0.6) is 11.5 Å². The van der Waals surface area contributed by atoms with Crippen molar-refractivity contribution in [3.8, 4) is 17.7 Å². The van der Waals surface area contributed by atoms with Crippen LogP contribution in [0.15, 0.2) is 54.6 Å². The van der Waals surface area contributed by atoms with Crippen molar-refractivity contribution in [3.63, 3.8) is 0 Å². The third-order valence-electron chi connectivity index (χ3n) is 3.64. The SMILES string of the molecule is N#CN1CCC(c2cccc(Oc3ccccc3)c2)C1. The van der Waals surface area contributed by atoms with Crippen LogP contribution in [0.4, 0.5) is 0 Å². The molecule has 3 rings (SSSR count). The molecule has 1 aliphatic heterocycles. The number of ether oxygens (including phenoxy) is 1. The van der Waals surface area contributed by atoms with E-state index in [1.807, 2.05) is 47.4 Å². The highest BCUT2D eigenvalue weighted by molar-refractivity contribution is 5.35. The summed E-state index contributed by atoms with van der Waals surface area (Å²) in [5.41, 5.74) is 1.25. The summed E-state index contributed by atoms with van der Waals surface area (Å²) in [5.74, 6) is 2.12. The van der Waals surface area contributed by atoms with Crippen LogP contribution < -0.4 is 4.74 Å². The van der Waals surface area contributed by atoms with Crippen molar-refractivity contribution in [1.29, 1.82) is 5.26 Å². The van der Waals surface area contributed by atoms with Crippen molar-refractivity contribution in [2.75, 3.05) is 13.1 Å². The molecule has 1 atom stereocenters. The number of rotatable bonds is 3. The van der Waals surface area contributed by atoms with Crippen molar-refractivity contribution in [2.45, 2.75) is 12.3 Å². The molecule has 0 radical (unpaired) electrons. The smallest absolute Gasteiger partial charge is 0.179 e. The highest BCUT2D eigenvalue weighted by Crippen LogP contribution is 2.30. The molecule has 0 amide bonds. The molecule has 0 saturated carbocycles. The quantitative estimate of drug-likeness (QED) is 0.792. The highest BCUT2D eigenvalue weighted by Gasteiger charge is 2.23. The average Bonchev–Trinajstić information content (AvgIpc) is 2.98. The Morgan fingerprint density at radius 3 is 2.60 bits per heavy atom. The molecular weight excluding hydrogens is 248 g/mol. The lowest BCUT2D eigenvalue weighted by atomic mass is 9.98. The van der Waals surface area contributed by atoms with Crippen LogP contribution in [0.25, 0.3) is 0 Å². The van der Waals surface area contributed by atoms with Gasteiger partial charge in [-0.25, -0.2) is 0 Å². The Bertz CT molecular complexity index is 618. The van der Waals surface area contributed by atoms with Crippen molar-refractivity contribution >= 4 is 0 Å². The van der Waals surface area contributed by atoms with E-state index in [9.17, 15) is 0 Å². The van der Waals surface area contributed by atoms with E-state index >= 15 is 0 Å². The Morgan fingerprint density at radius 2 is 1.85 bits per heavy atom. The Hall–Kier alpha value is -2.47. The number of hydrogen-bond acceptors (Lipinski definition) is 3. The van der Waals surface area contributed by atoms with E-state index in [4.69, 9.17) is 10.00 Å². The Labute approximate surface area is 119 Å². The van der Waals surface area contributed by atoms with Crippen molar-refractivity contribution in [2.24, 2.45) is 0 Å². The summed E-state index contributed by atoms with van der Waals surface area (Å²) >= 11 is 0. The summed E-state index contributed by atoms with van der Waals surface area (Å²) in [6.45, 7) is 1.66. The maximum atomic E-state index is 8.93. The molecule has 1 heterocycles. The van der Waals surface area contributed by atoms with E-state index in [0.29, 0.717) is 5.92 Å². The molecule has 100 valence electrons. The zero-order valence-corrected chi connectivity index (χ0v) is 11.2. The lowest BCUT2D eigenvalue weighted by molar-refractivity contribution is 0.474. The molecule has 1 fully saturated rings. The third kappa shape index (κ3) is 2.75. The molecule has 1 saturated heterocycles. The standard InChI is InChI=1S/C17H16N2O/c18-13-19-10-9-15(12-19)14-5-4-8-17(11-14)20-16-6-2-1-3-7-16/h1-8,11,15H,9-10,12H2. The molecule has 0 N–H and O–H groups in total. The molecule has 0 spiro atoms. The Balaban J connectivity index is 1.75. The van der Waals surface area contributed by atoms with E-state index in [0.717, 1.165) is 31.0 Å². The fourth-order valence-corrected chi connectivity index (χ4v) is 2.58. The van der Waals surface area contributed by atoms with Crippen LogP contribution in [-0.2, 0) is 0 Å². The highest BCUT2D eigenvalue weighted by atomic mass is 16.5. The maximum Gasteiger partial charge on any atom is 0.179 e. The summed E-state index contributed by atoms with van der Waals surface area (Å²) in [5, 5.41) is 8.93. The van der Waals surface area contributed by atoms with E-state index < -0.39 is 0 Å². The predicted octanol–water partition coefficient (Wildman–Crippen LogP) is 3.75. The fraction of sp³-hybridized carbons (Fsp3) is 0.235. The van der Waals surface area contributed by atoms with Crippen LogP contribution in [0.2, 0.25) is 0 Å². The van der Waals surface area contributed by atoms with Crippen LogP contribution in [-0.4, -0.2) is 18.0 Å². The Kier molecular flexibility index (Phi) is 3.56. The van der Waals surface area contributed by atoms with Gasteiger partial charge < -0.3 is 9.64 Å². The summed E-state index contributed by atoms with van der Waals surface area (Å²) < 4.78 is 5.85. The topological polar surface area (TPSA) is 36.3 Å². The second-order valence-corrected chi connectivity index (χ2v) is 5.02. The second kappa shape index (κ2) is 5.66. The molecular formula is C17H16N2O. The number of benzene rings is 2. The van der Waals surface area contributed by atoms with Gasteiger partial charge in [0.1, 0.15) is 11.5 Å². The first kappa shape index (κ1) is 12.6. The van der Waals surface area contributed by atoms with Crippen LogP contribution in [0.3, 0.4) is 0 Å². The Morgan fingerprint density at radius 1 is 1.05 bits per heavy atom. The van der Waals surface area contributed by atoms with Crippen molar-refractivity contribution in [3.05, 3.63) is 60.2 Å². The fourth-order valence-electron chi connectivity index (χ4n) is 2.58. The molecule has 1 aliphatic rings. The molecule has 0 aromatic heterocycles. The van der Waals surface area contributed by atoms with Gasteiger partial charge in [-0.05, 0) is 36.2 Å². The van der Waals surface area contributed by atoms with Crippen LogP contribution in [0.1, 0.15) is 17.9 Å². The normalized spacial score (nSPS) is 17.8. The van der Waals surface area contributed by atoms with E-state index in [1.165, 1.54) is 5.56 Å². The van der Waals surface area contributed by atoms with Gasteiger partial charge >= 0.3 is 0 Å². The molecule has 0 bridgehead atoms. The number of para-hydroxylation sites is 1. The minimum atomic E-state index is 0.425. The number of nitriles is 1. The van der Waals surface area contributed by atoms with Gasteiger partial charge in [0.05, 0.1) is 0 Å². The largest absolute Gasteiger partial charge is 0.457 e. The molecule has 2 aromatic rings. The molecule has 3 nitrogen and oxygen atoms in total. The van der Waals surface area contributed by atoms with Crippen molar-refractivity contribution in [1.82, 2.24) is 4.90 Å². The molecule has 3 heteroatoms. The first-order valence-electron chi connectivity index (χ1n) is 6.83. The lowest BCUT2D eigenvalue weighted by Crippen LogP contribution is -2.12. The van der Waals surface area contributed by atoms with Crippen LogP contribution in [0, 0.1) is 11.5 Å². The number of hydrogen-bond donors (Lipinski definition) is 0. The van der Waals surface area contributed by atoms with E-state index in [1.54, 1.807) is 0 Å². The predicted molar refractivity (Wildman–Crippen MR) is 77.5 cm³/mol. The molecule has 0 aliphatic carbocycles. The zero-order valence-electron chi connectivity index (χ0n) is 11.2. The molecule has 1 unspecified atom stereocenters. The van der Waals surface area contributed by atoms with Gasteiger partial charge in [0.25, 0.3) is 0 Å². The first-order valence-corrected chi connectivity index (χ1v) is 6.83. The second-order valence-electron chi connectivity index (χ2n) is 5.02. The van der Waals surface area contributed by atoms with Gasteiger partial charge in [-0.15, -0.1) is 0 Å². The molecule has 20 heavy (non-hydrogen) atoms. The minimum absolute atomic E-state index is 0.425. The van der Waals surface area contributed by atoms with Gasteiger partial charge in [-0.2, -0.15) is 5.26 Å². The number of nitrogens with zero attached hydrogens (tertiary/aromatic N) is 2. The van der Waals surface area contributed by atoms with Gasteiger partial charge in [0, 0.05) is 19.0 Å². The summed E-state index contributed by atoms with van der Waals surface area (Å²) in [6, 6.07) is 18.0. The monoisotopic (exact) mass is 264 g/mol. The van der Waals surface area contributed by atoms with Gasteiger partial charge in [0.2, 0.25) is 0 Å².